The van der Waals surface area contributed by atoms with E-state index < -0.39 is 0 Å². The van der Waals surface area contributed by atoms with Crippen molar-refractivity contribution in [2.75, 3.05) is 13.7 Å². The molecule has 2 aromatic carbocycles. The Morgan fingerprint density at radius 2 is 1.96 bits per heavy atom. The summed E-state index contributed by atoms with van der Waals surface area (Å²) < 4.78 is 5.58. The summed E-state index contributed by atoms with van der Waals surface area (Å²) in [4.78, 5) is 3.68. The summed E-state index contributed by atoms with van der Waals surface area (Å²) in [5.41, 5.74) is 7.83. The molecule has 0 saturated heterocycles. The number of para-hydroxylation sites is 1. The molecule has 1 aliphatic rings. The molecule has 3 nitrogen and oxygen atoms in total. The van der Waals surface area contributed by atoms with Crippen LogP contribution in [0.2, 0.25) is 0 Å². The second-order valence-corrected chi connectivity index (χ2v) is 6.40. The molecule has 1 unspecified atom stereocenters. The van der Waals surface area contributed by atoms with Crippen LogP contribution in [-0.2, 0) is 6.42 Å². The number of fused-ring (bicyclic) bond motifs is 3. The number of aryl methyl sites for hydroxylation is 2. The Kier molecular flexibility index (Phi) is 3.38. The van der Waals surface area contributed by atoms with E-state index in [-0.39, 0.29) is 6.04 Å². The van der Waals surface area contributed by atoms with E-state index in [9.17, 15) is 0 Å². The van der Waals surface area contributed by atoms with Crippen LogP contribution in [0.25, 0.3) is 10.9 Å². The molecule has 2 N–H and O–H groups in total. The SMILES string of the molecule is COc1ccccc1C1NCCc2c1[nH]c1cc(C)cc(C)c21. The average molecular weight is 306 g/mol. The maximum Gasteiger partial charge on any atom is 0.124 e. The van der Waals surface area contributed by atoms with E-state index in [1.807, 2.05) is 12.1 Å². The molecule has 0 spiro atoms. The van der Waals surface area contributed by atoms with Crippen LogP contribution in [0.4, 0.5) is 0 Å². The van der Waals surface area contributed by atoms with Gasteiger partial charge in [-0.1, -0.05) is 24.3 Å². The highest BCUT2D eigenvalue weighted by atomic mass is 16.5. The van der Waals surface area contributed by atoms with Gasteiger partial charge < -0.3 is 15.0 Å². The number of methoxy groups -OCH3 is 1. The summed E-state index contributed by atoms with van der Waals surface area (Å²) in [6.45, 7) is 5.35. The van der Waals surface area contributed by atoms with Crippen molar-refractivity contribution in [1.82, 2.24) is 10.3 Å². The molecule has 0 aliphatic carbocycles. The van der Waals surface area contributed by atoms with Gasteiger partial charge >= 0.3 is 0 Å². The zero-order valence-corrected chi connectivity index (χ0v) is 13.9. The lowest BCUT2D eigenvalue weighted by molar-refractivity contribution is 0.402. The van der Waals surface area contributed by atoms with Crippen LogP contribution < -0.4 is 10.1 Å². The average Bonchev–Trinajstić information content (AvgIpc) is 2.93. The second-order valence-electron chi connectivity index (χ2n) is 6.40. The normalized spacial score (nSPS) is 17.3. The minimum atomic E-state index is 0.155. The van der Waals surface area contributed by atoms with Crippen LogP contribution in [0, 0.1) is 13.8 Å². The summed E-state index contributed by atoms with van der Waals surface area (Å²) in [5, 5.41) is 5.05. The third kappa shape index (κ3) is 2.23. The summed E-state index contributed by atoms with van der Waals surface area (Å²) >= 11 is 0. The van der Waals surface area contributed by atoms with E-state index in [0.717, 1.165) is 18.7 Å². The van der Waals surface area contributed by atoms with Crippen LogP contribution in [0.1, 0.15) is 34.0 Å². The lowest BCUT2D eigenvalue weighted by atomic mass is 9.92. The molecular weight excluding hydrogens is 284 g/mol. The number of aromatic amines is 1. The number of ether oxygens (including phenoxy) is 1. The van der Waals surface area contributed by atoms with Gasteiger partial charge in [0.2, 0.25) is 0 Å². The largest absolute Gasteiger partial charge is 0.496 e. The van der Waals surface area contributed by atoms with Gasteiger partial charge in [-0.3, -0.25) is 0 Å². The molecule has 3 heteroatoms. The fourth-order valence-corrected chi connectivity index (χ4v) is 3.94. The van der Waals surface area contributed by atoms with Gasteiger partial charge in [0.05, 0.1) is 13.2 Å². The Morgan fingerprint density at radius 3 is 2.78 bits per heavy atom. The molecule has 2 heterocycles. The van der Waals surface area contributed by atoms with E-state index in [0.29, 0.717) is 0 Å². The summed E-state index contributed by atoms with van der Waals surface area (Å²) in [6, 6.07) is 13.0. The van der Waals surface area contributed by atoms with Crippen molar-refractivity contribution in [2.45, 2.75) is 26.3 Å². The summed E-state index contributed by atoms with van der Waals surface area (Å²) in [5.74, 6) is 0.935. The zero-order valence-electron chi connectivity index (χ0n) is 13.9. The van der Waals surface area contributed by atoms with E-state index >= 15 is 0 Å². The fraction of sp³-hybridized carbons (Fsp3) is 0.300. The Bertz CT molecular complexity index is 879. The molecule has 23 heavy (non-hydrogen) atoms. The van der Waals surface area contributed by atoms with Gasteiger partial charge in [0.25, 0.3) is 0 Å². The van der Waals surface area contributed by atoms with Crippen molar-refractivity contribution in [2.24, 2.45) is 0 Å². The highest BCUT2D eigenvalue weighted by Crippen LogP contribution is 2.38. The minimum absolute atomic E-state index is 0.155. The van der Waals surface area contributed by atoms with Crippen molar-refractivity contribution < 1.29 is 4.74 Å². The Morgan fingerprint density at radius 1 is 1.13 bits per heavy atom. The number of benzene rings is 2. The van der Waals surface area contributed by atoms with E-state index in [1.54, 1.807) is 7.11 Å². The van der Waals surface area contributed by atoms with Crippen molar-refractivity contribution >= 4 is 10.9 Å². The lowest BCUT2D eigenvalue weighted by Gasteiger charge is -2.26. The van der Waals surface area contributed by atoms with Crippen LogP contribution in [0.5, 0.6) is 5.75 Å². The second kappa shape index (κ2) is 5.43. The topological polar surface area (TPSA) is 37.0 Å². The first-order valence-electron chi connectivity index (χ1n) is 8.17. The van der Waals surface area contributed by atoms with Crippen molar-refractivity contribution in [3.05, 3.63) is 64.3 Å². The van der Waals surface area contributed by atoms with Crippen LogP contribution in [0.3, 0.4) is 0 Å². The summed E-state index contributed by atoms with van der Waals surface area (Å²) in [6.07, 6.45) is 1.06. The third-order valence-electron chi connectivity index (χ3n) is 4.84. The molecular formula is C20H22N2O. The van der Waals surface area contributed by atoms with Gasteiger partial charge in [-0.05, 0) is 49.1 Å². The van der Waals surface area contributed by atoms with Crippen molar-refractivity contribution in [3.8, 4) is 5.75 Å². The lowest BCUT2D eigenvalue weighted by Crippen LogP contribution is -2.30. The summed E-state index contributed by atoms with van der Waals surface area (Å²) in [7, 11) is 1.74. The predicted molar refractivity (Wildman–Crippen MR) is 94.3 cm³/mol. The molecule has 4 rings (SSSR count). The molecule has 0 amide bonds. The molecule has 0 radical (unpaired) electrons. The number of rotatable bonds is 2. The van der Waals surface area contributed by atoms with Gasteiger partial charge in [-0.25, -0.2) is 0 Å². The Labute approximate surface area is 136 Å². The molecule has 0 bridgehead atoms. The van der Waals surface area contributed by atoms with E-state index in [4.69, 9.17) is 4.74 Å². The van der Waals surface area contributed by atoms with Crippen LogP contribution in [0.15, 0.2) is 36.4 Å². The molecule has 0 saturated carbocycles. The number of hydrogen-bond donors (Lipinski definition) is 2. The quantitative estimate of drug-likeness (QED) is 0.750. The smallest absolute Gasteiger partial charge is 0.124 e. The van der Waals surface area contributed by atoms with Crippen LogP contribution >= 0.6 is 0 Å². The maximum absolute atomic E-state index is 5.58. The molecule has 1 aromatic heterocycles. The van der Waals surface area contributed by atoms with Gasteiger partial charge in [0, 0.05) is 28.7 Å². The number of hydrogen-bond acceptors (Lipinski definition) is 2. The van der Waals surface area contributed by atoms with Gasteiger partial charge in [0.1, 0.15) is 5.75 Å². The van der Waals surface area contributed by atoms with Gasteiger partial charge in [-0.2, -0.15) is 0 Å². The van der Waals surface area contributed by atoms with Crippen molar-refractivity contribution in [3.63, 3.8) is 0 Å². The number of nitrogens with one attached hydrogen (secondary N) is 2. The molecule has 0 fully saturated rings. The number of aromatic nitrogens is 1. The minimum Gasteiger partial charge on any atom is -0.496 e. The fourth-order valence-electron chi connectivity index (χ4n) is 3.94. The predicted octanol–water partition coefficient (Wildman–Crippen LogP) is 4.03. The maximum atomic E-state index is 5.58. The van der Waals surface area contributed by atoms with Gasteiger partial charge in [-0.15, -0.1) is 0 Å². The first-order chi connectivity index (χ1) is 11.2. The monoisotopic (exact) mass is 306 g/mol. The highest BCUT2D eigenvalue weighted by molar-refractivity contribution is 5.89. The zero-order chi connectivity index (χ0) is 16.0. The van der Waals surface area contributed by atoms with Crippen LogP contribution in [-0.4, -0.2) is 18.6 Å². The van der Waals surface area contributed by atoms with Gasteiger partial charge in [0.15, 0.2) is 0 Å². The first kappa shape index (κ1) is 14.3. The van der Waals surface area contributed by atoms with Crippen molar-refractivity contribution in [1.29, 1.82) is 0 Å². The third-order valence-corrected chi connectivity index (χ3v) is 4.84. The molecule has 1 atom stereocenters. The Balaban J connectivity index is 1.94. The Hall–Kier alpha value is -2.26. The number of H-pyrrole nitrogens is 1. The molecule has 3 aromatic rings. The van der Waals surface area contributed by atoms with E-state index in [2.05, 4.69) is 48.4 Å². The first-order valence-corrected chi connectivity index (χ1v) is 8.17. The molecule has 118 valence electrons. The molecule has 1 aliphatic heterocycles. The standard InChI is InChI=1S/C20H22N2O/c1-12-10-13(2)18-15-8-9-21-19(20(15)22-16(18)11-12)14-6-4-5-7-17(14)23-3/h4-7,10-11,19,21-22H,8-9H2,1-3H3. The highest BCUT2D eigenvalue weighted by Gasteiger charge is 2.27. The van der Waals surface area contributed by atoms with E-state index in [1.165, 1.54) is 38.9 Å².